The van der Waals surface area contributed by atoms with Gasteiger partial charge in [0.2, 0.25) is 5.91 Å². The van der Waals surface area contributed by atoms with Crippen LogP contribution in [0.25, 0.3) is 0 Å². The minimum Gasteiger partial charge on any atom is -0.330 e. The number of amidine groups is 1. The Labute approximate surface area is 81.6 Å². The van der Waals surface area contributed by atoms with E-state index in [-0.39, 0.29) is 5.91 Å². The number of nitrogens with two attached hydrogens (primary N) is 1. The molecule has 1 amide bonds. The first kappa shape index (κ1) is 9.02. The van der Waals surface area contributed by atoms with Crippen molar-refractivity contribution in [3.63, 3.8) is 0 Å². The summed E-state index contributed by atoms with van der Waals surface area (Å²) in [4.78, 5) is 17.6. The summed E-state index contributed by atoms with van der Waals surface area (Å²) in [5.41, 5.74) is 5.53. The van der Waals surface area contributed by atoms with Crippen LogP contribution < -0.4 is 5.73 Å². The third kappa shape index (κ3) is 1.71. The highest BCUT2D eigenvalue weighted by molar-refractivity contribution is 8.14. The first-order valence-electron chi connectivity index (χ1n) is 4.49. The molecular weight excluding hydrogens is 186 g/mol. The van der Waals surface area contributed by atoms with Crippen LogP contribution in [-0.4, -0.2) is 41.4 Å². The maximum Gasteiger partial charge on any atom is 0.228 e. The van der Waals surface area contributed by atoms with Gasteiger partial charge in [0, 0.05) is 18.7 Å². The Morgan fingerprint density at radius 3 is 3.08 bits per heavy atom. The van der Waals surface area contributed by atoms with Gasteiger partial charge in [-0.05, 0) is 12.5 Å². The third-order valence-corrected chi connectivity index (χ3v) is 3.33. The molecular formula is C8H13N3OS. The van der Waals surface area contributed by atoms with Crippen LogP contribution in [-0.2, 0) is 4.79 Å². The largest absolute Gasteiger partial charge is 0.330 e. The second kappa shape index (κ2) is 3.67. The molecule has 2 heterocycles. The van der Waals surface area contributed by atoms with Crippen molar-refractivity contribution < 1.29 is 4.79 Å². The van der Waals surface area contributed by atoms with Crippen molar-refractivity contribution in [1.82, 2.24) is 4.90 Å². The van der Waals surface area contributed by atoms with Crippen LogP contribution >= 0.6 is 11.8 Å². The molecule has 0 radical (unpaired) electrons. The minimum absolute atomic E-state index is 0.184. The van der Waals surface area contributed by atoms with Gasteiger partial charge in [0.25, 0.3) is 0 Å². The Bertz CT molecular complexity index is 254. The molecule has 2 rings (SSSR count). The van der Waals surface area contributed by atoms with E-state index in [4.69, 9.17) is 5.73 Å². The van der Waals surface area contributed by atoms with Gasteiger partial charge in [0.1, 0.15) is 0 Å². The lowest BCUT2D eigenvalue weighted by molar-refractivity contribution is -0.124. The molecule has 1 fully saturated rings. The van der Waals surface area contributed by atoms with E-state index >= 15 is 0 Å². The van der Waals surface area contributed by atoms with E-state index < -0.39 is 0 Å². The van der Waals surface area contributed by atoms with E-state index in [0.29, 0.717) is 18.9 Å². The van der Waals surface area contributed by atoms with Gasteiger partial charge in [-0.3, -0.25) is 14.7 Å². The van der Waals surface area contributed by atoms with Crippen molar-refractivity contribution in [3.05, 3.63) is 0 Å². The van der Waals surface area contributed by atoms with Crippen molar-refractivity contribution in [2.75, 3.05) is 25.4 Å². The van der Waals surface area contributed by atoms with E-state index in [1.165, 1.54) is 0 Å². The summed E-state index contributed by atoms with van der Waals surface area (Å²) in [6.45, 7) is 2.21. The molecule has 2 N–H and O–H groups in total. The average molecular weight is 199 g/mol. The summed E-state index contributed by atoms with van der Waals surface area (Å²) in [5.74, 6) is 1.52. The van der Waals surface area contributed by atoms with E-state index in [0.717, 1.165) is 24.0 Å². The quantitative estimate of drug-likeness (QED) is 0.641. The summed E-state index contributed by atoms with van der Waals surface area (Å²) < 4.78 is 0. The van der Waals surface area contributed by atoms with Gasteiger partial charge in [0.05, 0.1) is 6.54 Å². The molecule has 13 heavy (non-hydrogen) atoms. The molecule has 1 saturated heterocycles. The Morgan fingerprint density at radius 1 is 1.69 bits per heavy atom. The Kier molecular flexibility index (Phi) is 2.55. The van der Waals surface area contributed by atoms with Crippen LogP contribution in [0.2, 0.25) is 0 Å². The van der Waals surface area contributed by atoms with Gasteiger partial charge < -0.3 is 5.73 Å². The fourth-order valence-corrected chi connectivity index (χ4v) is 2.49. The molecule has 5 heteroatoms. The normalized spacial score (nSPS) is 28.4. The maximum absolute atomic E-state index is 11.5. The van der Waals surface area contributed by atoms with Gasteiger partial charge in [-0.2, -0.15) is 0 Å². The van der Waals surface area contributed by atoms with E-state index in [1.54, 1.807) is 16.7 Å². The zero-order valence-corrected chi connectivity index (χ0v) is 8.22. The van der Waals surface area contributed by atoms with Crippen molar-refractivity contribution in [2.24, 2.45) is 16.6 Å². The molecule has 0 aliphatic carbocycles. The molecule has 0 aromatic rings. The summed E-state index contributed by atoms with van der Waals surface area (Å²) in [6.07, 6.45) is 0.593. The van der Waals surface area contributed by atoms with Gasteiger partial charge in [-0.1, -0.05) is 11.8 Å². The van der Waals surface area contributed by atoms with Gasteiger partial charge in [0.15, 0.2) is 5.17 Å². The minimum atomic E-state index is 0.184. The molecule has 4 nitrogen and oxygen atoms in total. The number of rotatable bonds is 1. The lowest BCUT2D eigenvalue weighted by Crippen LogP contribution is -2.30. The summed E-state index contributed by atoms with van der Waals surface area (Å²) in [6, 6.07) is 0. The number of carbonyl (C=O) groups is 1. The second-order valence-electron chi connectivity index (χ2n) is 3.32. The summed E-state index contributed by atoms with van der Waals surface area (Å²) >= 11 is 1.67. The standard InChI is InChI=1S/C8H13N3OS/c9-4-6-3-7(12)11(5-6)8-10-1-2-13-8/h6H,1-5,9H2. The Hall–Kier alpha value is -0.550. The van der Waals surface area contributed by atoms with Crippen molar-refractivity contribution in [1.29, 1.82) is 0 Å². The first-order chi connectivity index (χ1) is 6.31. The summed E-state index contributed by atoms with van der Waals surface area (Å²) in [7, 11) is 0. The van der Waals surface area contributed by atoms with Crippen LogP contribution in [0, 0.1) is 5.92 Å². The zero-order valence-electron chi connectivity index (χ0n) is 7.40. The fraction of sp³-hybridized carbons (Fsp3) is 0.750. The average Bonchev–Trinajstić information content (AvgIpc) is 2.72. The number of amides is 1. The Balaban J connectivity index is 2.04. The Morgan fingerprint density at radius 2 is 2.54 bits per heavy atom. The number of hydrogen-bond donors (Lipinski definition) is 1. The predicted octanol–water partition coefficient (Wildman–Crippen LogP) is -0.104. The molecule has 2 aliphatic heterocycles. The molecule has 2 aliphatic rings. The van der Waals surface area contributed by atoms with Crippen LogP contribution in [0.5, 0.6) is 0 Å². The van der Waals surface area contributed by atoms with Crippen molar-refractivity contribution >= 4 is 22.8 Å². The van der Waals surface area contributed by atoms with Crippen molar-refractivity contribution in [2.45, 2.75) is 6.42 Å². The van der Waals surface area contributed by atoms with Crippen LogP contribution in [0.15, 0.2) is 4.99 Å². The highest BCUT2D eigenvalue weighted by Gasteiger charge is 2.32. The van der Waals surface area contributed by atoms with Crippen LogP contribution in [0.4, 0.5) is 0 Å². The molecule has 0 bridgehead atoms. The van der Waals surface area contributed by atoms with Gasteiger partial charge in [-0.25, -0.2) is 0 Å². The highest BCUT2D eigenvalue weighted by Crippen LogP contribution is 2.23. The summed E-state index contributed by atoms with van der Waals surface area (Å²) in [5, 5.41) is 0.904. The smallest absolute Gasteiger partial charge is 0.228 e. The molecule has 1 unspecified atom stereocenters. The lowest BCUT2D eigenvalue weighted by Gasteiger charge is -2.14. The monoisotopic (exact) mass is 199 g/mol. The van der Waals surface area contributed by atoms with E-state index in [2.05, 4.69) is 4.99 Å². The van der Waals surface area contributed by atoms with Crippen molar-refractivity contribution in [3.8, 4) is 0 Å². The second-order valence-corrected chi connectivity index (χ2v) is 4.39. The number of aliphatic imine (C=N–C) groups is 1. The fourth-order valence-electron chi connectivity index (χ4n) is 1.61. The van der Waals surface area contributed by atoms with Gasteiger partial charge in [-0.15, -0.1) is 0 Å². The SMILES string of the molecule is NCC1CC(=O)N(C2=NCCS2)C1. The van der Waals surface area contributed by atoms with E-state index in [9.17, 15) is 4.79 Å². The van der Waals surface area contributed by atoms with E-state index in [1.807, 2.05) is 0 Å². The molecule has 0 saturated carbocycles. The molecule has 0 aromatic carbocycles. The first-order valence-corrected chi connectivity index (χ1v) is 5.47. The predicted molar refractivity (Wildman–Crippen MR) is 53.6 cm³/mol. The zero-order chi connectivity index (χ0) is 9.26. The molecule has 72 valence electrons. The maximum atomic E-state index is 11.5. The molecule has 1 atom stereocenters. The third-order valence-electron chi connectivity index (χ3n) is 2.34. The number of hydrogen-bond acceptors (Lipinski definition) is 4. The number of thioether (sulfide) groups is 1. The van der Waals surface area contributed by atoms with Crippen LogP contribution in [0.3, 0.4) is 0 Å². The highest BCUT2D eigenvalue weighted by atomic mass is 32.2. The lowest BCUT2D eigenvalue weighted by atomic mass is 10.1. The molecule has 0 aromatic heterocycles. The van der Waals surface area contributed by atoms with Gasteiger partial charge >= 0.3 is 0 Å². The number of nitrogens with zero attached hydrogens (tertiary/aromatic N) is 2. The topological polar surface area (TPSA) is 58.7 Å². The van der Waals surface area contributed by atoms with Crippen LogP contribution in [0.1, 0.15) is 6.42 Å². The number of carbonyl (C=O) groups excluding carboxylic acids is 1. The molecule has 0 spiro atoms. The number of likely N-dealkylation sites (tertiary alicyclic amines) is 1.